The van der Waals surface area contributed by atoms with Crippen LogP contribution in [0, 0.1) is 0 Å². The predicted octanol–water partition coefficient (Wildman–Crippen LogP) is 2.31. The van der Waals surface area contributed by atoms with Crippen LogP contribution in [0.15, 0.2) is 24.3 Å². The van der Waals surface area contributed by atoms with Crippen LogP contribution in [0.2, 0.25) is 0 Å². The zero-order chi connectivity index (χ0) is 15.0. The average Bonchev–Trinajstić information content (AvgIpc) is 2.46. The third-order valence-corrected chi connectivity index (χ3v) is 3.74. The Bertz CT molecular complexity index is 465. The highest BCUT2D eigenvalue weighted by atomic mass is 79.9. The van der Waals surface area contributed by atoms with Crippen LogP contribution in [0.5, 0.6) is 5.75 Å². The van der Waals surface area contributed by atoms with Crippen LogP contribution >= 0.6 is 15.9 Å². The lowest BCUT2D eigenvalue weighted by molar-refractivity contribution is -0.120. The minimum Gasteiger partial charge on any atom is -0.495 e. The maximum Gasteiger partial charge on any atom is 0.233 e. The number of para-hydroxylation sites is 2. The van der Waals surface area contributed by atoms with E-state index in [1.807, 2.05) is 19.1 Å². The van der Waals surface area contributed by atoms with E-state index in [2.05, 4.69) is 26.6 Å². The third-order valence-electron chi connectivity index (χ3n) is 2.68. The zero-order valence-corrected chi connectivity index (χ0v) is 13.2. The summed E-state index contributed by atoms with van der Waals surface area (Å²) in [5.41, 5.74) is 0.623. The number of amides is 2. The number of hydrogen-bond donors (Lipinski definition) is 2. The van der Waals surface area contributed by atoms with Crippen LogP contribution in [-0.4, -0.2) is 30.3 Å². The van der Waals surface area contributed by atoms with Crippen molar-refractivity contribution in [1.29, 1.82) is 0 Å². The number of methoxy groups -OCH3 is 1. The molecular formula is C14H19BrN2O3. The molecule has 2 amide bonds. The number of carbonyl (C=O) groups excluding carboxylic acids is 2. The molecule has 5 nitrogen and oxygen atoms in total. The fourth-order valence-electron chi connectivity index (χ4n) is 1.56. The molecule has 0 saturated carbocycles. The van der Waals surface area contributed by atoms with Crippen molar-refractivity contribution in [2.75, 3.05) is 19.0 Å². The molecule has 0 saturated heterocycles. The molecule has 0 radical (unpaired) electrons. The highest BCUT2D eigenvalue weighted by molar-refractivity contribution is 9.10. The molecule has 0 heterocycles. The first-order valence-corrected chi connectivity index (χ1v) is 7.34. The van der Waals surface area contributed by atoms with Gasteiger partial charge in [0.1, 0.15) is 5.75 Å². The molecule has 2 N–H and O–H groups in total. The zero-order valence-electron chi connectivity index (χ0n) is 11.6. The van der Waals surface area contributed by atoms with Crippen molar-refractivity contribution in [3.63, 3.8) is 0 Å². The van der Waals surface area contributed by atoms with Gasteiger partial charge in [0.25, 0.3) is 0 Å². The summed E-state index contributed by atoms with van der Waals surface area (Å²) in [7, 11) is 1.55. The maximum atomic E-state index is 11.8. The standard InChI is InChI=1S/C14H19BrN2O3/c1-3-10(15)14(19)16-9-8-13(18)17-11-6-4-5-7-12(11)20-2/h4-7,10H,3,8-9H2,1-2H3,(H,16,19)(H,17,18). The Labute approximate surface area is 127 Å². The molecule has 0 aliphatic carbocycles. The number of benzene rings is 1. The van der Waals surface area contributed by atoms with Gasteiger partial charge in [0.05, 0.1) is 17.6 Å². The van der Waals surface area contributed by atoms with Crippen molar-refractivity contribution in [3.05, 3.63) is 24.3 Å². The fraction of sp³-hybridized carbons (Fsp3) is 0.429. The molecular weight excluding hydrogens is 324 g/mol. The van der Waals surface area contributed by atoms with Gasteiger partial charge in [0.15, 0.2) is 0 Å². The highest BCUT2D eigenvalue weighted by Crippen LogP contribution is 2.22. The molecule has 110 valence electrons. The smallest absolute Gasteiger partial charge is 0.233 e. The summed E-state index contributed by atoms with van der Waals surface area (Å²) in [6.07, 6.45) is 0.923. The molecule has 0 aromatic heterocycles. The summed E-state index contributed by atoms with van der Waals surface area (Å²) in [6.45, 7) is 2.22. The van der Waals surface area contributed by atoms with E-state index < -0.39 is 0 Å². The summed E-state index contributed by atoms with van der Waals surface area (Å²) in [6, 6.07) is 7.18. The summed E-state index contributed by atoms with van der Waals surface area (Å²) >= 11 is 3.25. The van der Waals surface area contributed by atoms with E-state index in [0.717, 1.165) is 0 Å². The molecule has 0 aliphatic rings. The number of rotatable bonds is 7. The Morgan fingerprint density at radius 3 is 2.70 bits per heavy atom. The normalized spacial score (nSPS) is 11.6. The van der Waals surface area contributed by atoms with Crippen molar-refractivity contribution in [2.24, 2.45) is 0 Å². The number of anilines is 1. The Morgan fingerprint density at radius 2 is 2.05 bits per heavy atom. The lowest BCUT2D eigenvalue weighted by atomic mass is 10.2. The Hall–Kier alpha value is -1.56. The van der Waals surface area contributed by atoms with Crippen LogP contribution in [0.25, 0.3) is 0 Å². The van der Waals surface area contributed by atoms with Crippen molar-refractivity contribution < 1.29 is 14.3 Å². The second kappa shape index (κ2) is 8.58. The molecule has 1 unspecified atom stereocenters. The van der Waals surface area contributed by atoms with Crippen molar-refractivity contribution >= 4 is 33.4 Å². The highest BCUT2D eigenvalue weighted by Gasteiger charge is 2.12. The van der Waals surface area contributed by atoms with E-state index in [1.54, 1.807) is 19.2 Å². The molecule has 0 bridgehead atoms. The summed E-state index contributed by atoms with van der Waals surface area (Å²) < 4.78 is 5.14. The molecule has 6 heteroatoms. The third kappa shape index (κ3) is 5.21. The van der Waals surface area contributed by atoms with Crippen LogP contribution < -0.4 is 15.4 Å². The Morgan fingerprint density at radius 1 is 1.35 bits per heavy atom. The van der Waals surface area contributed by atoms with Gasteiger partial charge in [-0.3, -0.25) is 9.59 Å². The van der Waals surface area contributed by atoms with Crippen LogP contribution in [0.4, 0.5) is 5.69 Å². The second-order valence-electron chi connectivity index (χ2n) is 4.17. The molecule has 1 aromatic rings. The van der Waals surface area contributed by atoms with Gasteiger partial charge in [-0.25, -0.2) is 0 Å². The average molecular weight is 343 g/mol. The number of halogens is 1. The summed E-state index contributed by atoms with van der Waals surface area (Å²) in [4.78, 5) is 23.1. The first-order valence-electron chi connectivity index (χ1n) is 6.43. The van der Waals surface area contributed by atoms with E-state index in [0.29, 0.717) is 24.4 Å². The Kier molecular flexibility index (Phi) is 7.08. The van der Waals surface area contributed by atoms with E-state index >= 15 is 0 Å². The van der Waals surface area contributed by atoms with Crippen molar-refractivity contribution in [2.45, 2.75) is 24.6 Å². The minimum absolute atomic E-state index is 0.0995. The molecule has 0 aliphatic heterocycles. The van der Waals surface area contributed by atoms with Crippen LogP contribution in [0.1, 0.15) is 19.8 Å². The van der Waals surface area contributed by atoms with Gasteiger partial charge in [0.2, 0.25) is 11.8 Å². The first-order chi connectivity index (χ1) is 9.58. The van der Waals surface area contributed by atoms with Gasteiger partial charge < -0.3 is 15.4 Å². The molecule has 20 heavy (non-hydrogen) atoms. The van der Waals surface area contributed by atoms with Crippen molar-refractivity contribution in [1.82, 2.24) is 5.32 Å². The lowest BCUT2D eigenvalue weighted by Gasteiger charge is -2.11. The quantitative estimate of drug-likeness (QED) is 0.747. The minimum atomic E-state index is -0.209. The molecule has 1 rings (SSSR count). The maximum absolute atomic E-state index is 11.8. The van der Waals surface area contributed by atoms with E-state index in [4.69, 9.17) is 4.74 Å². The molecule has 1 atom stereocenters. The number of hydrogen-bond acceptors (Lipinski definition) is 3. The van der Waals surface area contributed by atoms with Gasteiger partial charge in [-0.15, -0.1) is 0 Å². The van der Waals surface area contributed by atoms with Crippen molar-refractivity contribution in [3.8, 4) is 5.75 Å². The topological polar surface area (TPSA) is 67.4 Å². The lowest BCUT2D eigenvalue weighted by Crippen LogP contribution is -2.33. The summed E-state index contributed by atoms with van der Waals surface area (Å²) in [5.74, 6) is 0.339. The van der Waals surface area contributed by atoms with Crippen LogP contribution in [-0.2, 0) is 9.59 Å². The number of ether oxygens (including phenoxy) is 1. The van der Waals surface area contributed by atoms with E-state index in [9.17, 15) is 9.59 Å². The van der Waals surface area contributed by atoms with E-state index in [-0.39, 0.29) is 23.1 Å². The summed E-state index contributed by atoms with van der Waals surface area (Å²) in [5, 5.41) is 5.45. The Balaban J connectivity index is 2.39. The number of alkyl halides is 1. The second-order valence-corrected chi connectivity index (χ2v) is 5.27. The molecule has 0 fully saturated rings. The van der Waals surface area contributed by atoms with Gasteiger partial charge in [-0.1, -0.05) is 35.0 Å². The predicted molar refractivity (Wildman–Crippen MR) is 82.3 cm³/mol. The van der Waals surface area contributed by atoms with Gasteiger partial charge in [-0.2, -0.15) is 0 Å². The molecule has 1 aromatic carbocycles. The number of nitrogens with one attached hydrogen (secondary N) is 2. The van der Waals surface area contributed by atoms with Gasteiger partial charge in [-0.05, 0) is 18.6 Å². The van der Waals surface area contributed by atoms with Gasteiger partial charge >= 0.3 is 0 Å². The largest absolute Gasteiger partial charge is 0.495 e. The van der Waals surface area contributed by atoms with Crippen LogP contribution in [0.3, 0.4) is 0 Å². The number of carbonyl (C=O) groups is 2. The van der Waals surface area contributed by atoms with Gasteiger partial charge in [0, 0.05) is 13.0 Å². The first kappa shape index (κ1) is 16.5. The SMILES string of the molecule is CCC(Br)C(=O)NCCC(=O)Nc1ccccc1OC. The molecule has 0 spiro atoms. The van der Waals surface area contributed by atoms with E-state index in [1.165, 1.54) is 0 Å². The monoisotopic (exact) mass is 342 g/mol. The fourth-order valence-corrected chi connectivity index (χ4v) is 1.72.